The molecule has 4 aromatic rings. The number of hydrogen-bond acceptors (Lipinski definition) is 4. The molecule has 0 aliphatic carbocycles. The van der Waals surface area contributed by atoms with Crippen LogP contribution in [0.2, 0.25) is 10.0 Å². The van der Waals surface area contributed by atoms with E-state index in [1.807, 2.05) is 12.1 Å². The number of amides is 1. The summed E-state index contributed by atoms with van der Waals surface area (Å²) in [5.41, 5.74) is 3.14. The Balaban J connectivity index is 1.60. The summed E-state index contributed by atoms with van der Waals surface area (Å²) in [7, 11) is 0. The molecule has 35 heavy (non-hydrogen) atoms. The Morgan fingerprint density at radius 3 is 2.54 bits per heavy atom. The molecule has 3 aromatic carbocycles. The Kier molecular flexibility index (Phi) is 6.17. The highest BCUT2D eigenvalue weighted by Crippen LogP contribution is 2.33. The van der Waals surface area contributed by atoms with Gasteiger partial charge in [0.1, 0.15) is 23.3 Å². The summed E-state index contributed by atoms with van der Waals surface area (Å²) in [6.07, 6.45) is 0. The molecule has 0 saturated carbocycles. The average Bonchev–Trinajstić information content (AvgIpc) is 3.17. The second kappa shape index (κ2) is 9.29. The third kappa shape index (κ3) is 4.47. The average molecular weight is 508 g/mol. The van der Waals surface area contributed by atoms with Gasteiger partial charge in [0.15, 0.2) is 0 Å². The second-order valence-corrected chi connectivity index (χ2v) is 9.12. The van der Waals surface area contributed by atoms with Crippen molar-refractivity contribution >= 4 is 40.5 Å². The van der Waals surface area contributed by atoms with Gasteiger partial charge in [0, 0.05) is 26.7 Å². The van der Waals surface area contributed by atoms with E-state index in [4.69, 9.17) is 27.6 Å². The lowest BCUT2D eigenvalue weighted by molar-refractivity contribution is -0.119. The number of carbonyl (C=O) groups is 1. The van der Waals surface area contributed by atoms with E-state index in [9.17, 15) is 9.18 Å². The number of benzodiazepines with no additional fused rings is 1. The minimum atomic E-state index is -0.754. The van der Waals surface area contributed by atoms with E-state index in [2.05, 4.69) is 9.98 Å². The number of carbonyl (C=O) groups excluding carboxylic acids is 1. The smallest absolute Gasteiger partial charge is 0.251 e. The van der Waals surface area contributed by atoms with Crippen LogP contribution in [-0.2, 0) is 11.3 Å². The van der Waals surface area contributed by atoms with E-state index in [1.54, 1.807) is 67.3 Å². The summed E-state index contributed by atoms with van der Waals surface area (Å²) < 4.78 is 20.7. The van der Waals surface area contributed by atoms with Crippen LogP contribution in [0.25, 0.3) is 11.5 Å². The minimum Gasteiger partial charge on any atom is -0.441 e. The molecule has 176 valence electrons. The topological polar surface area (TPSA) is 58.7 Å². The SMILES string of the molecule is Cc1oc(-c2cccc(Cl)c2)nc1CN1C(=O)C(C)N=C(c2ccccc2F)c2cc(Cl)ccc21. The molecule has 1 atom stereocenters. The van der Waals surface area contributed by atoms with Crippen LogP contribution in [0, 0.1) is 12.7 Å². The molecule has 5 rings (SSSR count). The van der Waals surface area contributed by atoms with Gasteiger partial charge in [-0.2, -0.15) is 0 Å². The summed E-state index contributed by atoms with van der Waals surface area (Å²) >= 11 is 12.4. The van der Waals surface area contributed by atoms with Crippen LogP contribution in [0.3, 0.4) is 0 Å². The molecular weight excluding hydrogens is 488 g/mol. The molecule has 5 nitrogen and oxygen atoms in total. The van der Waals surface area contributed by atoms with Crippen molar-refractivity contribution in [2.24, 2.45) is 4.99 Å². The van der Waals surface area contributed by atoms with Crippen molar-refractivity contribution in [1.29, 1.82) is 0 Å². The largest absolute Gasteiger partial charge is 0.441 e. The zero-order valence-corrected chi connectivity index (χ0v) is 20.4. The van der Waals surface area contributed by atoms with E-state index in [1.165, 1.54) is 6.07 Å². The highest BCUT2D eigenvalue weighted by molar-refractivity contribution is 6.32. The molecule has 0 bridgehead atoms. The first-order valence-electron chi connectivity index (χ1n) is 11.0. The van der Waals surface area contributed by atoms with E-state index >= 15 is 0 Å². The Morgan fingerprint density at radius 2 is 1.77 bits per heavy atom. The predicted octanol–water partition coefficient (Wildman–Crippen LogP) is 6.87. The van der Waals surface area contributed by atoms with Crippen LogP contribution >= 0.6 is 23.2 Å². The minimum absolute atomic E-state index is 0.147. The van der Waals surface area contributed by atoms with Crippen molar-refractivity contribution in [2.75, 3.05) is 4.90 Å². The predicted molar refractivity (Wildman–Crippen MR) is 136 cm³/mol. The number of oxazole rings is 1. The molecule has 0 fully saturated rings. The molecule has 2 heterocycles. The molecule has 0 radical (unpaired) electrons. The Labute approximate surface area is 211 Å². The maximum atomic E-state index is 14.8. The first-order chi connectivity index (χ1) is 16.8. The molecule has 8 heteroatoms. The van der Waals surface area contributed by atoms with E-state index in [0.717, 1.165) is 5.56 Å². The number of rotatable bonds is 4. The summed E-state index contributed by atoms with van der Waals surface area (Å²) in [4.78, 5) is 24.4. The fourth-order valence-electron chi connectivity index (χ4n) is 4.10. The lowest BCUT2D eigenvalue weighted by atomic mass is 9.99. The van der Waals surface area contributed by atoms with Crippen molar-refractivity contribution in [3.63, 3.8) is 0 Å². The van der Waals surface area contributed by atoms with Gasteiger partial charge in [0.25, 0.3) is 5.91 Å². The van der Waals surface area contributed by atoms with Gasteiger partial charge >= 0.3 is 0 Å². The lowest BCUT2D eigenvalue weighted by Gasteiger charge is -2.24. The fraction of sp³-hybridized carbons (Fsp3) is 0.148. The number of fused-ring (bicyclic) bond motifs is 1. The first kappa shape index (κ1) is 23.3. The van der Waals surface area contributed by atoms with Gasteiger partial charge in [-0.15, -0.1) is 0 Å². The van der Waals surface area contributed by atoms with Gasteiger partial charge in [-0.3, -0.25) is 9.79 Å². The number of hydrogen-bond donors (Lipinski definition) is 0. The Hall–Kier alpha value is -3.48. The molecule has 1 unspecified atom stereocenters. The molecular formula is C27H20Cl2FN3O2. The van der Waals surface area contributed by atoms with Crippen molar-refractivity contribution in [1.82, 2.24) is 4.98 Å². The summed E-state index contributed by atoms with van der Waals surface area (Å²) in [5, 5.41) is 1.02. The van der Waals surface area contributed by atoms with Gasteiger partial charge in [-0.05, 0) is 62.4 Å². The lowest BCUT2D eigenvalue weighted by Crippen LogP contribution is -2.36. The monoisotopic (exact) mass is 507 g/mol. The number of nitrogens with zero attached hydrogens (tertiary/aromatic N) is 3. The number of aliphatic imine (C=N–C) groups is 1. The van der Waals surface area contributed by atoms with E-state index in [0.29, 0.717) is 49.9 Å². The number of benzene rings is 3. The third-order valence-corrected chi connectivity index (χ3v) is 6.32. The van der Waals surface area contributed by atoms with Crippen molar-refractivity contribution in [3.05, 3.63) is 105 Å². The van der Waals surface area contributed by atoms with Crippen LogP contribution in [0.15, 0.2) is 76.1 Å². The summed E-state index contributed by atoms with van der Waals surface area (Å²) in [5.74, 6) is 0.320. The highest BCUT2D eigenvalue weighted by atomic mass is 35.5. The van der Waals surface area contributed by atoms with Crippen molar-refractivity contribution < 1.29 is 13.6 Å². The molecule has 1 amide bonds. The van der Waals surface area contributed by atoms with Crippen molar-refractivity contribution in [3.8, 4) is 11.5 Å². The van der Waals surface area contributed by atoms with Gasteiger partial charge in [0.05, 0.1) is 17.9 Å². The van der Waals surface area contributed by atoms with Crippen LogP contribution in [0.5, 0.6) is 0 Å². The molecule has 0 saturated heterocycles. The van der Waals surface area contributed by atoms with Crippen LogP contribution in [-0.4, -0.2) is 22.6 Å². The normalized spacial score (nSPS) is 15.6. The maximum Gasteiger partial charge on any atom is 0.251 e. The Morgan fingerprint density at radius 1 is 1.00 bits per heavy atom. The Bertz CT molecular complexity index is 1480. The standard InChI is InChI=1S/C27H20Cl2FN3O2/c1-15-27(34)33(14-23-16(2)35-26(32-23)17-6-5-7-18(28)12-17)24-11-10-19(29)13-21(24)25(31-15)20-8-3-4-9-22(20)30/h3-13,15H,14H2,1-2H3. The van der Waals surface area contributed by atoms with Crippen molar-refractivity contribution in [2.45, 2.75) is 26.4 Å². The summed E-state index contributed by atoms with van der Waals surface area (Å²) in [6, 6.07) is 18.0. The number of anilines is 1. The van der Waals surface area contributed by atoms with Crippen LogP contribution < -0.4 is 4.90 Å². The van der Waals surface area contributed by atoms with Crippen LogP contribution in [0.4, 0.5) is 10.1 Å². The summed E-state index contributed by atoms with van der Waals surface area (Å²) in [6.45, 7) is 3.64. The van der Waals surface area contributed by atoms with E-state index in [-0.39, 0.29) is 12.5 Å². The van der Waals surface area contributed by atoms with Gasteiger partial charge in [-0.1, -0.05) is 41.4 Å². The second-order valence-electron chi connectivity index (χ2n) is 8.25. The zero-order valence-electron chi connectivity index (χ0n) is 18.9. The quantitative estimate of drug-likeness (QED) is 0.302. The zero-order chi connectivity index (χ0) is 24.7. The highest BCUT2D eigenvalue weighted by Gasteiger charge is 2.32. The third-order valence-electron chi connectivity index (χ3n) is 5.85. The molecule has 1 aromatic heterocycles. The van der Waals surface area contributed by atoms with Crippen LogP contribution in [0.1, 0.15) is 29.5 Å². The molecule has 0 spiro atoms. The van der Waals surface area contributed by atoms with E-state index < -0.39 is 11.9 Å². The first-order valence-corrected chi connectivity index (χ1v) is 11.7. The number of aryl methyl sites for hydroxylation is 1. The molecule has 1 aliphatic rings. The van der Waals surface area contributed by atoms with Gasteiger partial charge in [0.2, 0.25) is 5.89 Å². The molecule has 0 N–H and O–H groups in total. The van der Waals surface area contributed by atoms with Gasteiger partial charge in [-0.25, -0.2) is 9.37 Å². The maximum absolute atomic E-state index is 14.8. The van der Waals surface area contributed by atoms with Gasteiger partial charge < -0.3 is 9.32 Å². The fourth-order valence-corrected chi connectivity index (χ4v) is 4.46. The number of aromatic nitrogens is 1. The number of halogens is 3. The molecule has 1 aliphatic heterocycles.